The third-order valence-electron chi connectivity index (χ3n) is 2.10. The molecule has 0 radical (unpaired) electrons. The van der Waals surface area contributed by atoms with Crippen LogP contribution in [0.15, 0.2) is 12.1 Å². The summed E-state index contributed by atoms with van der Waals surface area (Å²) < 4.78 is 43.7. The monoisotopic (exact) mass is 217 g/mol. The minimum atomic E-state index is -1.30. The number of amides is 1. The van der Waals surface area contributed by atoms with E-state index in [9.17, 15) is 18.0 Å². The summed E-state index contributed by atoms with van der Waals surface area (Å²) in [6, 6.07) is 0.512. The summed E-state index contributed by atoms with van der Waals surface area (Å²) >= 11 is 0. The highest BCUT2D eigenvalue weighted by atomic mass is 19.2. The van der Waals surface area contributed by atoms with Gasteiger partial charge in [-0.25, -0.2) is 18.0 Å². The van der Waals surface area contributed by atoms with Crippen LogP contribution in [0.4, 0.5) is 18.0 Å². The minimum Gasteiger partial charge on any atom is -0.447 e. The van der Waals surface area contributed by atoms with Crippen molar-refractivity contribution in [1.29, 1.82) is 0 Å². The smallest absolute Gasteiger partial charge is 0.407 e. The average Bonchev–Trinajstić information content (AvgIpc) is 2.59. The standard InChI is InChI=1S/C9H6F3NO2/c10-4-1-2-5(11)8(12)7(4)6-3-15-9(14)13-6/h1-2,6H,3H2,(H,13,14). The van der Waals surface area contributed by atoms with Crippen LogP contribution in [0.3, 0.4) is 0 Å². The van der Waals surface area contributed by atoms with Crippen molar-refractivity contribution in [2.75, 3.05) is 6.61 Å². The van der Waals surface area contributed by atoms with E-state index < -0.39 is 35.2 Å². The number of carbonyl (C=O) groups is 1. The van der Waals surface area contributed by atoms with E-state index in [1.807, 2.05) is 0 Å². The number of carbonyl (C=O) groups excluding carboxylic acids is 1. The van der Waals surface area contributed by atoms with Gasteiger partial charge in [0.15, 0.2) is 11.6 Å². The van der Waals surface area contributed by atoms with Gasteiger partial charge in [-0.1, -0.05) is 0 Å². The molecule has 80 valence electrons. The number of alkyl carbamates (subject to hydrolysis) is 1. The van der Waals surface area contributed by atoms with Gasteiger partial charge in [0, 0.05) is 0 Å². The maximum absolute atomic E-state index is 13.2. The molecule has 1 heterocycles. The lowest BCUT2D eigenvalue weighted by molar-refractivity contribution is 0.176. The van der Waals surface area contributed by atoms with E-state index in [1.54, 1.807) is 0 Å². The van der Waals surface area contributed by atoms with E-state index in [2.05, 4.69) is 10.1 Å². The quantitative estimate of drug-likeness (QED) is 0.729. The van der Waals surface area contributed by atoms with Gasteiger partial charge in [0.05, 0.1) is 11.6 Å². The first-order chi connectivity index (χ1) is 7.09. The lowest BCUT2D eigenvalue weighted by atomic mass is 10.1. The third-order valence-corrected chi connectivity index (χ3v) is 2.10. The molecule has 1 N–H and O–H groups in total. The fourth-order valence-electron chi connectivity index (χ4n) is 1.40. The van der Waals surface area contributed by atoms with E-state index in [1.165, 1.54) is 0 Å². The largest absolute Gasteiger partial charge is 0.447 e. The number of halogens is 3. The molecule has 1 fully saturated rings. The first kappa shape index (κ1) is 9.82. The maximum atomic E-state index is 13.2. The van der Waals surface area contributed by atoms with Crippen LogP contribution < -0.4 is 5.32 Å². The average molecular weight is 217 g/mol. The zero-order valence-electron chi connectivity index (χ0n) is 7.39. The number of hydrogen-bond acceptors (Lipinski definition) is 2. The number of rotatable bonds is 1. The van der Waals surface area contributed by atoms with Crippen LogP contribution in [-0.4, -0.2) is 12.7 Å². The molecule has 1 saturated heterocycles. The van der Waals surface area contributed by atoms with E-state index in [0.29, 0.717) is 6.07 Å². The van der Waals surface area contributed by atoms with Crippen molar-refractivity contribution in [3.63, 3.8) is 0 Å². The molecule has 6 heteroatoms. The van der Waals surface area contributed by atoms with Crippen molar-refractivity contribution in [3.05, 3.63) is 35.1 Å². The molecule has 0 aromatic heterocycles. The Bertz CT molecular complexity index is 422. The second kappa shape index (κ2) is 3.45. The van der Waals surface area contributed by atoms with Gasteiger partial charge < -0.3 is 10.1 Å². The van der Waals surface area contributed by atoms with Crippen LogP contribution in [0.5, 0.6) is 0 Å². The molecule has 1 amide bonds. The molecule has 3 nitrogen and oxygen atoms in total. The van der Waals surface area contributed by atoms with E-state index in [4.69, 9.17) is 0 Å². The molecule has 1 atom stereocenters. The van der Waals surface area contributed by atoms with Gasteiger partial charge in [-0.15, -0.1) is 0 Å². The number of hydrogen-bond donors (Lipinski definition) is 1. The zero-order chi connectivity index (χ0) is 11.0. The molecule has 1 unspecified atom stereocenters. The summed E-state index contributed by atoms with van der Waals surface area (Å²) in [7, 11) is 0. The lowest BCUT2D eigenvalue weighted by Crippen LogP contribution is -2.21. The second-order valence-electron chi connectivity index (χ2n) is 3.05. The number of ether oxygens (including phenoxy) is 1. The Morgan fingerprint density at radius 3 is 2.53 bits per heavy atom. The summed E-state index contributed by atoms with van der Waals surface area (Å²) in [4.78, 5) is 10.7. The van der Waals surface area contributed by atoms with Gasteiger partial charge in [-0.2, -0.15) is 0 Å². The molecule has 0 saturated carbocycles. The van der Waals surface area contributed by atoms with E-state index in [0.717, 1.165) is 6.07 Å². The molecule has 0 aliphatic carbocycles. The van der Waals surface area contributed by atoms with Crippen LogP contribution in [0.2, 0.25) is 0 Å². The Morgan fingerprint density at radius 1 is 1.27 bits per heavy atom. The Kier molecular flexibility index (Phi) is 2.26. The second-order valence-corrected chi connectivity index (χ2v) is 3.05. The highest BCUT2D eigenvalue weighted by molar-refractivity contribution is 5.70. The molecule has 15 heavy (non-hydrogen) atoms. The molecule has 1 aliphatic heterocycles. The predicted molar refractivity (Wildman–Crippen MR) is 43.5 cm³/mol. The summed E-state index contributed by atoms with van der Waals surface area (Å²) in [5.41, 5.74) is -0.513. The predicted octanol–water partition coefficient (Wildman–Crippen LogP) is 1.88. The summed E-state index contributed by atoms with van der Waals surface area (Å²) in [5, 5.41) is 2.17. The highest BCUT2D eigenvalue weighted by Crippen LogP contribution is 2.25. The van der Waals surface area contributed by atoms with Gasteiger partial charge in [0.1, 0.15) is 12.4 Å². The SMILES string of the molecule is O=C1NC(c2c(F)ccc(F)c2F)CO1. The Hall–Kier alpha value is -1.72. The summed E-state index contributed by atoms with van der Waals surface area (Å²) in [6.45, 7) is -0.212. The summed E-state index contributed by atoms with van der Waals surface area (Å²) in [5.74, 6) is -3.37. The molecule has 1 aromatic rings. The van der Waals surface area contributed by atoms with Crippen molar-refractivity contribution >= 4 is 6.09 Å². The molecular weight excluding hydrogens is 211 g/mol. The van der Waals surface area contributed by atoms with Crippen molar-refractivity contribution < 1.29 is 22.7 Å². The van der Waals surface area contributed by atoms with Crippen molar-refractivity contribution in [2.24, 2.45) is 0 Å². The normalized spacial score (nSPS) is 19.9. The van der Waals surface area contributed by atoms with Gasteiger partial charge in [0.2, 0.25) is 0 Å². The van der Waals surface area contributed by atoms with Crippen molar-refractivity contribution in [2.45, 2.75) is 6.04 Å². The summed E-state index contributed by atoms with van der Waals surface area (Å²) in [6.07, 6.45) is -0.775. The van der Waals surface area contributed by atoms with E-state index in [-0.39, 0.29) is 6.61 Å². The molecule has 1 aliphatic rings. The van der Waals surface area contributed by atoms with Gasteiger partial charge in [-0.3, -0.25) is 0 Å². The van der Waals surface area contributed by atoms with Gasteiger partial charge in [-0.05, 0) is 12.1 Å². The van der Waals surface area contributed by atoms with E-state index >= 15 is 0 Å². The Balaban J connectivity index is 2.43. The van der Waals surface area contributed by atoms with Gasteiger partial charge >= 0.3 is 6.09 Å². The molecule has 1 aromatic carbocycles. The highest BCUT2D eigenvalue weighted by Gasteiger charge is 2.30. The van der Waals surface area contributed by atoms with Crippen LogP contribution in [0.1, 0.15) is 11.6 Å². The molecule has 2 rings (SSSR count). The van der Waals surface area contributed by atoms with Crippen LogP contribution >= 0.6 is 0 Å². The minimum absolute atomic E-state index is 0.212. The molecule has 0 bridgehead atoms. The molecule has 0 spiro atoms. The fourth-order valence-corrected chi connectivity index (χ4v) is 1.40. The first-order valence-corrected chi connectivity index (χ1v) is 4.16. The lowest BCUT2D eigenvalue weighted by Gasteiger charge is -2.10. The number of nitrogens with one attached hydrogen (secondary N) is 1. The van der Waals surface area contributed by atoms with Crippen LogP contribution in [0.25, 0.3) is 0 Å². The first-order valence-electron chi connectivity index (χ1n) is 4.16. The zero-order valence-corrected chi connectivity index (χ0v) is 7.39. The van der Waals surface area contributed by atoms with Crippen LogP contribution in [0, 0.1) is 17.5 Å². The number of benzene rings is 1. The topological polar surface area (TPSA) is 38.3 Å². The van der Waals surface area contributed by atoms with Gasteiger partial charge in [0.25, 0.3) is 0 Å². The maximum Gasteiger partial charge on any atom is 0.407 e. The Labute approximate surface area is 82.8 Å². The van der Waals surface area contributed by atoms with Crippen molar-refractivity contribution in [3.8, 4) is 0 Å². The third kappa shape index (κ3) is 1.62. The van der Waals surface area contributed by atoms with Crippen LogP contribution in [-0.2, 0) is 4.74 Å². The Morgan fingerprint density at radius 2 is 1.93 bits per heavy atom. The van der Waals surface area contributed by atoms with Crippen molar-refractivity contribution in [1.82, 2.24) is 5.32 Å². The molecular formula is C9H6F3NO2. The fraction of sp³-hybridized carbons (Fsp3) is 0.222. The number of cyclic esters (lactones) is 1.